The Bertz CT molecular complexity index is 472. The van der Waals surface area contributed by atoms with Gasteiger partial charge in [0.15, 0.2) is 0 Å². The predicted octanol–water partition coefficient (Wildman–Crippen LogP) is 1.69. The van der Waals surface area contributed by atoms with E-state index in [-0.39, 0.29) is 11.9 Å². The maximum Gasteiger partial charge on any atom is 0.321 e. The van der Waals surface area contributed by atoms with Gasteiger partial charge in [0.05, 0.1) is 6.61 Å². The molecule has 1 amide bonds. The molecule has 2 atom stereocenters. The summed E-state index contributed by atoms with van der Waals surface area (Å²) in [4.78, 5) is 23.9. The summed E-state index contributed by atoms with van der Waals surface area (Å²) in [6.45, 7) is 3.70. The molecule has 0 unspecified atom stereocenters. The zero-order valence-corrected chi connectivity index (χ0v) is 11.3. The summed E-state index contributed by atoms with van der Waals surface area (Å²) in [7, 11) is 0. The van der Waals surface area contributed by atoms with E-state index in [9.17, 15) is 9.59 Å². The maximum atomic E-state index is 12.0. The van der Waals surface area contributed by atoms with Crippen molar-refractivity contribution >= 4 is 11.9 Å². The highest BCUT2D eigenvalue weighted by atomic mass is 16.5. The Morgan fingerprint density at radius 1 is 1.42 bits per heavy atom. The van der Waals surface area contributed by atoms with E-state index >= 15 is 0 Å². The minimum Gasteiger partial charge on any atom is -0.465 e. The first-order valence-corrected chi connectivity index (χ1v) is 6.58. The van der Waals surface area contributed by atoms with Crippen LogP contribution in [0, 0.1) is 5.41 Å². The van der Waals surface area contributed by atoms with E-state index in [2.05, 4.69) is 5.32 Å². The van der Waals surface area contributed by atoms with Crippen LogP contribution in [-0.2, 0) is 20.7 Å². The Labute approximate surface area is 113 Å². The fraction of sp³-hybridized carbons (Fsp3) is 0.467. The van der Waals surface area contributed by atoms with Gasteiger partial charge in [0.2, 0.25) is 5.91 Å². The van der Waals surface area contributed by atoms with Gasteiger partial charge in [-0.1, -0.05) is 30.3 Å². The van der Waals surface area contributed by atoms with Crippen LogP contribution in [0.4, 0.5) is 0 Å². The fourth-order valence-electron chi connectivity index (χ4n) is 2.47. The number of rotatable bonds is 4. The second-order valence-electron chi connectivity index (χ2n) is 5.12. The van der Waals surface area contributed by atoms with E-state index in [1.807, 2.05) is 30.3 Å². The van der Waals surface area contributed by atoms with Crippen LogP contribution in [0.25, 0.3) is 0 Å². The third-order valence-corrected chi connectivity index (χ3v) is 3.54. The van der Waals surface area contributed by atoms with E-state index in [4.69, 9.17) is 4.74 Å². The van der Waals surface area contributed by atoms with Gasteiger partial charge in [0.1, 0.15) is 5.41 Å². The normalized spacial score (nSPS) is 26.0. The van der Waals surface area contributed by atoms with Crippen molar-refractivity contribution in [2.75, 3.05) is 6.61 Å². The monoisotopic (exact) mass is 261 g/mol. The van der Waals surface area contributed by atoms with Crippen molar-refractivity contribution in [3.8, 4) is 0 Å². The molecule has 1 aliphatic rings. The minimum absolute atomic E-state index is 0.00990. The molecule has 1 fully saturated rings. The Morgan fingerprint density at radius 3 is 2.74 bits per heavy atom. The Balaban J connectivity index is 2.05. The second kappa shape index (κ2) is 5.43. The number of esters is 1. The third kappa shape index (κ3) is 2.78. The Kier molecular flexibility index (Phi) is 3.88. The van der Waals surface area contributed by atoms with Gasteiger partial charge < -0.3 is 10.1 Å². The molecule has 19 heavy (non-hydrogen) atoms. The van der Waals surface area contributed by atoms with Gasteiger partial charge in [-0.3, -0.25) is 9.59 Å². The molecular weight excluding hydrogens is 242 g/mol. The first-order chi connectivity index (χ1) is 9.06. The molecule has 1 aromatic carbocycles. The molecule has 0 spiro atoms. The van der Waals surface area contributed by atoms with Gasteiger partial charge in [-0.2, -0.15) is 0 Å². The molecule has 102 valence electrons. The summed E-state index contributed by atoms with van der Waals surface area (Å²) in [5.41, 5.74) is 0.107. The van der Waals surface area contributed by atoms with Crippen molar-refractivity contribution in [3.63, 3.8) is 0 Å². The van der Waals surface area contributed by atoms with Gasteiger partial charge in [-0.05, 0) is 32.3 Å². The average Bonchev–Trinajstić information content (AvgIpc) is 2.67. The van der Waals surface area contributed by atoms with Crippen molar-refractivity contribution in [1.29, 1.82) is 0 Å². The van der Waals surface area contributed by atoms with E-state index < -0.39 is 11.4 Å². The van der Waals surface area contributed by atoms with E-state index in [0.29, 0.717) is 13.0 Å². The fourth-order valence-corrected chi connectivity index (χ4v) is 2.47. The van der Waals surface area contributed by atoms with Gasteiger partial charge in [-0.15, -0.1) is 0 Å². The number of carbonyl (C=O) groups excluding carboxylic acids is 2. The zero-order chi connectivity index (χ0) is 13.9. The average molecular weight is 261 g/mol. The summed E-state index contributed by atoms with van der Waals surface area (Å²) in [5, 5.41) is 2.89. The number of carbonyl (C=O) groups is 2. The summed E-state index contributed by atoms with van der Waals surface area (Å²) < 4.78 is 5.00. The number of ether oxygens (including phenoxy) is 1. The number of nitrogens with one attached hydrogen (secondary N) is 1. The smallest absolute Gasteiger partial charge is 0.321 e. The molecule has 2 rings (SSSR count). The third-order valence-electron chi connectivity index (χ3n) is 3.54. The molecule has 4 nitrogen and oxygen atoms in total. The van der Waals surface area contributed by atoms with E-state index in [1.165, 1.54) is 0 Å². The van der Waals surface area contributed by atoms with Crippen LogP contribution in [-0.4, -0.2) is 24.5 Å². The van der Waals surface area contributed by atoms with Gasteiger partial charge in [-0.25, -0.2) is 0 Å². The van der Waals surface area contributed by atoms with Crippen molar-refractivity contribution in [3.05, 3.63) is 35.9 Å². The highest BCUT2D eigenvalue weighted by Gasteiger charge is 2.49. The SMILES string of the molecule is CCOC(=O)[C@]1(C)C[C@H](Cc2ccccc2)NC1=O. The first-order valence-electron chi connectivity index (χ1n) is 6.58. The summed E-state index contributed by atoms with van der Waals surface area (Å²) in [6.07, 6.45) is 1.22. The Morgan fingerprint density at radius 2 is 2.11 bits per heavy atom. The molecular formula is C15H19NO3. The summed E-state index contributed by atoms with van der Waals surface area (Å²) in [6, 6.07) is 9.93. The molecule has 1 heterocycles. The molecule has 4 heteroatoms. The lowest BCUT2D eigenvalue weighted by atomic mass is 9.86. The quantitative estimate of drug-likeness (QED) is 0.663. The topological polar surface area (TPSA) is 55.4 Å². The Hall–Kier alpha value is -1.84. The molecule has 0 saturated carbocycles. The highest BCUT2D eigenvalue weighted by Crippen LogP contribution is 2.32. The summed E-state index contributed by atoms with van der Waals surface area (Å²) in [5.74, 6) is -0.657. The van der Waals surface area contributed by atoms with Crippen LogP contribution < -0.4 is 5.32 Å². The van der Waals surface area contributed by atoms with Crippen molar-refractivity contribution < 1.29 is 14.3 Å². The van der Waals surface area contributed by atoms with Crippen molar-refractivity contribution in [2.45, 2.75) is 32.7 Å². The van der Waals surface area contributed by atoms with Crippen LogP contribution in [0.15, 0.2) is 30.3 Å². The van der Waals surface area contributed by atoms with Crippen molar-refractivity contribution in [2.24, 2.45) is 5.41 Å². The molecule has 0 aliphatic carbocycles. The summed E-state index contributed by atoms with van der Waals surface area (Å²) >= 11 is 0. The maximum absolute atomic E-state index is 12.0. The van der Waals surface area contributed by atoms with Crippen LogP contribution in [0.3, 0.4) is 0 Å². The second-order valence-corrected chi connectivity index (χ2v) is 5.12. The lowest BCUT2D eigenvalue weighted by molar-refractivity contribution is -0.157. The predicted molar refractivity (Wildman–Crippen MR) is 71.4 cm³/mol. The number of hydrogen-bond donors (Lipinski definition) is 1. The van der Waals surface area contributed by atoms with Crippen LogP contribution in [0.5, 0.6) is 0 Å². The lowest BCUT2D eigenvalue weighted by Crippen LogP contribution is -2.37. The van der Waals surface area contributed by atoms with Crippen LogP contribution in [0.1, 0.15) is 25.8 Å². The van der Waals surface area contributed by atoms with E-state index in [1.54, 1.807) is 13.8 Å². The molecule has 1 aliphatic heterocycles. The largest absolute Gasteiger partial charge is 0.465 e. The number of benzene rings is 1. The minimum atomic E-state index is -1.05. The van der Waals surface area contributed by atoms with Crippen LogP contribution in [0.2, 0.25) is 0 Å². The van der Waals surface area contributed by atoms with E-state index in [0.717, 1.165) is 12.0 Å². The van der Waals surface area contributed by atoms with Crippen LogP contribution >= 0.6 is 0 Å². The molecule has 0 bridgehead atoms. The molecule has 1 N–H and O–H groups in total. The molecule has 0 radical (unpaired) electrons. The first kappa shape index (κ1) is 13.6. The van der Waals surface area contributed by atoms with Gasteiger partial charge in [0, 0.05) is 6.04 Å². The lowest BCUT2D eigenvalue weighted by Gasteiger charge is -2.18. The standard InChI is InChI=1S/C15H19NO3/c1-3-19-14(18)15(2)10-12(16-13(15)17)9-11-7-5-4-6-8-11/h4-8,12H,3,9-10H2,1-2H3,(H,16,17)/t12-,15+/m0/s1. The number of amides is 1. The zero-order valence-electron chi connectivity index (χ0n) is 11.3. The van der Waals surface area contributed by atoms with Gasteiger partial charge in [0.25, 0.3) is 0 Å². The highest BCUT2D eigenvalue weighted by molar-refractivity contribution is 6.04. The molecule has 1 saturated heterocycles. The van der Waals surface area contributed by atoms with Gasteiger partial charge >= 0.3 is 5.97 Å². The van der Waals surface area contributed by atoms with Crippen molar-refractivity contribution in [1.82, 2.24) is 5.32 Å². The number of hydrogen-bond acceptors (Lipinski definition) is 3. The molecule has 0 aromatic heterocycles. The molecule has 1 aromatic rings.